The van der Waals surface area contributed by atoms with Gasteiger partial charge in [-0.25, -0.2) is 9.13 Å². The molecule has 0 aliphatic rings. The van der Waals surface area contributed by atoms with Crippen molar-refractivity contribution in [2.45, 2.75) is 0 Å². The Hall–Kier alpha value is -0.940. The molecule has 0 amide bonds. The average molecular weight is 294 g/mol. The third kappa shape index (κ3) is 5.60. The van der Waals surface area contributed by atoms with E-state index in [-0.39, 0.29) is 12.4 Å². The monoisotopic (exact) mass is 294 g/mol. The largest absolute Gasteiger partial charge is 0.539 e. The SMILES string of the molecule is C=CCOP(=O)(Oc1ccccc1)OP(=O)(O)O. The van der Waals surface area contributed by atoms with Gasteiger partial charge in [0.25, 0.3) is 0 Å². The van der Waals surface area contributed by atoms with Crippen LogP contribution in [0, 0.1) is 0 Å². The molecule has 1 unspecified atom stereocenters. The molecule has 1 aromatic rings. The maximum absolute atomic E-state index is 12.0. The number of phosphoric ester groups is 1. The molecule has 0 saturated carbocycles. The van der Waals surface area contributed by atoms with Gasteiger partial charge in [-0.15, -0.1) is 6.58 Å². The lowest BCUT2D eigenvalue weighted by atomic mass is 10.3. The van der Waals surface area contributed by atoms with Gasteiger partial charge in [-0.2, -0.15) is 4.31 Å². The van der Waals surface area contributed by atoms with Crippen LogP contribution >= 0.6 is 15.6 Å². The maximum atomic E-state index is 12.0. The predicted molar refractivity (Wildman–Crippen MR) is 64.0 cm³/mol. The van der Waals surface area contributed by atoms with E-state index in [9.17, 15) is 9.13 Å². The normalized spacial score (nSPS) is 14.8. The molecular weight excluding hydrogens is 282 g/mol. The summed E-state index contributed by atoms with van der Waals surface area (Å²) in [6, 6.07) is 7.74. The fourth-order valence-electron chi connectivity index (χ4n) is 0.951. The predicted octanol–water partition coefficient (Wildman–Crippen LogP) is 2.49. The number of para-hydroxylation sites is 1. The number of hydrogen-bond donors (Lipinski definition) is 2. The van der Waals surface area contributed by atoms with Crippen molar-refractivity contribution in [1.29, 1.82) is 0 Å². The zero-order valence-electron chi connectivity index (χ0n) is 9.21. The van der Waals surface area contributed by atoms with E-state index in [1.165, 1.54) is 18.2 Å². The van der Waals surface area contributed by atoms with Gasteiger partial charge in [-0.3, -0.25) is 4.52 Å². The third-order valence-electron chi connectivity index (χ3n) is 1.52. The Morgan fingerprint density at radius 3 is 2.33 bits per heavy atom. The molecule has 2 N–H and O–H groups in total. The van der Waals surface area contributed by atoms with Crippen LogP contribution in [-0.2, 0) is 18.0 Å². The average Bonchev–Trinajstić information content (AvgIpc) is 2.25. The maximum Gasteiger partial charge on any atom is 0.539 e. The van der Waals surface area contributed by atoms with Crippen LogP contribution in [0.15, 0.2) is 43.0 Å². The van der Waals surface area contributed by atoms with Crippen molar-refractivity contribution in [3.8, 4) is 5.75 Å². The highest BCUT2D eigenvalue weighted by Crippen LogP contribution is 2.60. The first-order chi connectivity index (χ1) is 8.35. The number of phosphoric acid groups is 2. The summed E-state index contributed by atoms with van der Waals surface area (Å²) in [5, 5.41) is 0. The highest BCUT2D eigenvalue weighted by Gasteiger charge is 2.37. The van der Waals surface area contributed by atoms with Crippen LogP contribution in [0.1, 0.15) is 0 Å². The topological polar surface area (TPSA) is 102 Å². The number of rotatable bonds is 7. The molecule has 1 rings (SSSR count). The van der Waals surface area contributed by atoms with Gasteiger partial charge in [0.2, 0.25) is 0 Å². The van der Waals surface area contributed by atoms with Crippen LogP contribution in [0.3, 0.4) is 0 Å². The molecule has 0 radical (unpaired) electrons. The van der Waals surface area contributed by atoms with Gasteiger partial charge in [-0.1, -0.05) is 24.3 Å². The van der Waals surface area contributed by atoms with Crippen molar-refractivity contribution in [2.75, 3.05) is 6.61 Å². The van der Waals surface area contributed by atoms with E-state index in [0.717, 1.165) is 0 Å². The molecule has 18 heavy (non-hydrogen) atoms. The third-order valence-corrected chi connectivity index (χ3v) is 4.07. The van der Waals surface area contributed by atoms with Crippen LogP contribution < -0.4 is 4.52 Å². The molecule has 1 aromatic carbocycles. The second-order valence-electron chi connectivity index (χ2n) is 3.01. The Morgan fingerprint density at radius 1 is 1.22 bits per heavy atom. The lowest BCUT2D eigenvalue weighted by molar-refractivity contribution is 0.196. The molecule has 0 aliphatic carbocycles. The van der Waals surface area contributed by atoms with E-state index in [1.54, 1.807) is 18.2 Å². The van der Waals surface area contributed by atoms with Gasteiger partial charge in [0, 0.05) is 0 Å². The van der Waals surface area contributed by atoms with Crippen molar-refractivity contribution in [3.05, 3.63) is 43.0 Å². The number of hydrogen-bond acceptors (Lipinski definition) is 5. The Bertz CT molecular complexity index is 481. The van der Waals surface area contributed by atoms with Gasteiger partial charge in [0.1, 0.15) is 5.75 Å². The summed E-state index contributed by atoms with van der Waals surface area (Å²) in [6.07, 6.45) is 1.24. The molecular formula is C9H12O7P2. The van der Waals surface area contributed by atoms with Crippen molar-refractivity contribution in [2.24, 2.45) is 0 Å². The summed E-state index contributed by atoms with van der Waals surface area (Å²) in [6.45, 7) is 3.07. The van der Waals surface area contributed by atoms with E-state index in [4.69, 9.17) is 14.3 Å². The molecule has 0 aliphatic heterocycles. The van der Waals surface area contributed by atoms with E-state index >= 15 is 0 Å². The van der Waals surface area contributed by atoms with Crippen LogP contribution in [-0.4, -0.2) is 16.4 Å². The van der Waals surface area contributed by atoms with E-state index < -0.39 is 15.6 Å². The second kappa shape index (κ2) is 6.29. The van der Waals surface area contributed by atoms with Crippen LogP contribution in [0.2, 0.25) is 0 Å². The standard InChI is InChI=1S/C9H12O7P2/c1-2-8-14-18(13,16-17(10,11)12)15-9-6-4-3-5-7-9/h2-7H,1,8H2,(H2,10,11,12). The Balaban J connectivity index is 2.87. The Kier molecular flexibility index (Phi) is 5.28. The Labute approximate surface area is 104 Å². The minimum atomic E-state index is -5.01. The minimum absolute atomic E-state index is 0.0957. The fourth-order valence-corrected chi connectivity index (χ4v) is 3.04. The van der Waals surface area contributed by atoms with E-state index in [2.05, 4.69) is 15.4 Å². The molecule has 7 nitrogen and oxygen atoms in total. The Morgan fingerprint density at radius 2 is 1.83 bits per heavy atom. The molecule has 0 aromatic heterocycles. The zero-order valence-corrected chi connectivity index (χ0v) is 11.0. The summed E-state index contributed by atoms with van der Waals surface area (Å²) in [5.41, 5.74) is 0. The van der Waals surface area contributed by atoms with Crippen molar-refractivity contribution in [1.82, 2.24) is 0 Å². The van der Waals surface area contributed by atoms with Crippen LogP contribution in [0.25, 0.3) is 0 Å². The van der Waals surface area contributed by atoms with Crippen molar-refractivity contribution >= 4 is 15.6 Å². The van der Waals surface area contributed by atoms with Crippen molar-refractivity contribution in [3.63, 3.8) is 0 Å². The fraction of sp³-hybridized carbons (Fsp3) is 0.111. The van der Waals surface area contributed by atoms with E-state index in [0.29, 0.717) is 0 Å². The van der Waals surface area contributed by atoms with Crippen LogP contribution in [0.4, 0.5) is 0 Å². The minimum Gasteiger partial charge on any atom is -0.404 e. The first kappa shape index (κ1) is 15.1. The van der Waals surface area contributed by atoms with Gasteiger partial charge in [0.15, 0.2) is 0 Å². The summed E-state index contributed by atoms with van der Waals surface area (Å²) in [7, 11) is -9.43. The van der Waals surface area contributed by atoms with Crippen molar-refractivity contribution < 1.29 is 32.3 Å². The molecule has 100 valence electrons. The molecule has 0 heterocycles. The lowest BCUT2D eigenvalue weighted by Crippen LogP contribution is -2.01. The summed E-state index contributed by atoms with van der Waals surface area (Å²) >= 11 is 0. The molecule has 1 atom stereocenters. The first-order valence-electron chi connectivity index (χ1n) is 4.72. The van der Waals surface area contributed by atoms with Gasteiger partial charge in [-0.05, 0) is 12.1 Å². The quantitative estimate of drug-likeness (QED) is 0.588. The molecule has 0 bridgehead atoms. The first-order valence-corrected chi connectivity index (χ1v) is 7.71. The number of benzene rings is 1. The molecule has 9 heteroatoms. The lowest BCUT2D eigenvalue weighted by Gasteiger charge is -2.17. The smallest absolute Gasteiger partial charge is 0.404 e. The van der Waals surface area contributed by atoms with Gasteiger partial charge in [0.05, 0.1) is 6.61 Å². The van der Waals surface area contributed by atoms with Gasteiger partial charge < -0.3 is 14.3 Å². The summed E-state index contributed by atoms with van der Waals surface area (Å²) in [5.74, 6) is 0.0957. The molecule has 0 fully saturated rings. The molecule has 0 saturated heterocycles. The highest BCUT2D eigenvalue weighted by molar-refractivity contribution is 7.61. The highest BCUT2D eigenvalue weighted by atomic mass is 31.3. The van der Waals surface area contributed by atoms with Crippen LogP contribution in [0.5, 0.6) is 5.75 Å². The summed E-state index contributed by atoms with van der Waals surface area (Å²) < 4.78 is 36.2. The second-order valence-corrected chi connectivity index (χ2v) is 5.98. The molecule has 0 spiro atoms. The van der Waals surface area contributed by atoms with Gasteiger partial charge >= 0.3 is 15.6 Å². The summed E-state index contributed by atoms with van der Waals surface area (Å²) in [4.78, 5) is 17.3. The van der Waals surface area contributed by atoms with E-state index in [1.807, 2.05) is 0 Å². The zero-order chi connectivity index (χ0) is 13.6.